The second kappa shape index (κ2) is 7.48. The molecular weight excluding hydrogens is 382 g/mol. The molecule has 2 heterocycles. The lowest BCUT2D eigenvalue weighted by Gasteiger charge is -2.30. The van der Waals surface area contributed by atoms with Crippen LogP contribution >= 0.6 is 12.2 Å². The fraction of sp³-hybridized carbons (Fsp3) is 0.0870. The van der Waals surface area contributed by atoms with Crippen LogP contribution in [0.5, 0.6) is 0 Å². The number of amides is 2. The molecule has 3 aromatic rings. The van der Waals surface area contributed by atoms with Gasteiger partial charge in [0, 0.05) is 17.6 Å². The van der Waals surface area contributed by atoms with Gasteiger partial charge in [0.2, 0.25) is 0 Å². The molecule has 0 bridgehead atoms. The second-order valence-corrected chi connectivity index (χ2v) is 7.20. The molecule has 1 fully saturated rings. The highest BCUT2D eigenvalue weighted by Gasteiger charge is 2.35. The summed E-state index contributed by atoms with van der Waals surface area (Å²) in [5.74, 6) is -0.935. The van der Waals surface area contributed by atoms with E-state index in [0.29, 0.717) is 5.69 Å². The molecule has 29 heavy (non-hydrogen) atoms. The number of aromatic nitrogens is 1. The molecule has 6 heteroatoms. The number of carbonyl (C=O) groups excluding carboxylic acids is 2. The third-order valence-electron chi connectivity index (χ3n) is 5.03. The molecule has 0 atom stereocenters. The molecule has 1 aliphatic heterocycles. The van der Waals surface area contributed by atoms with Crippen LogP contribution in [0, 0.1) is 13.8 Å². The third kappa shape index (κ3) is 3.39. The van der Waals surface area contributed by atoms with Crippen LogP contribution in [0.4, 0.5) is 5.69 Å². The molecule has 1 aliphatic rings. The Balaban J connectivity index is 1.78. The van der Waals surface area contributed by atoms with E-state index in [1.165, 1.54) is 4.90 Å². The fourth-order valence-electron chi connectivity index (χ4n) is 3.34. The topological polar surface area (TPSA) is 54.3 Å². The quantitative estimate of drug-likeness (QED) is 0.411. The normalized spacial score (nSPS) is 15.7. The van der Waals surface area contributed by atoms with E-state index in [-0.39, 0.29) is 10.7 Å². The summed E-state index contributed by atoms with van der Waals surface area (Å²) in [5.41, 5.74) is 4.35. The molecule has 0 radical (unpaired) electrons. The number of para-hydroxylation sites is 1. The molecule has 1 saturated heterocycles. The SMILES string of the molecule is Cc1cccc(N2C(=O)/C(=C\c3cccn3-c3ccccc3)C(=O)NC2=S)c1C. The molecule has 2 amide bonds. The first-order valence-electron chi connectivity index (χ1n) is 9.18. The van der Waals surface area contributed by atoms with Crippen molar-refractivity contribution in [2.45, 2.75) is 13.8 Å². The molecule has 144 valence electrons. The van der Waals surface area contributed by atoms with E-state index in [2.05, 4.69) is 5.32 Å². The lowest BCUT2D eigenvalue weighted by atomic mass is 10.0. The van der Waals surface area contributed by atoms with Gasteiger partial charge in [-0.2, -0.15) is 0 Å². The van der Waals surface area contributed by atoms with E-state index in [4.69, 9.17) is 12.2 Å². The van der Waals surface area contributed by atoms with Gasteiger partial charge >= 0.3 is 0 Å². The van der Waals surface area contributed by atoms with Crippen LogP contribution in [-0.4, -0.2) is 21.5 Å². The van der Waals surface area contributed by atoms with E-state index in [0.717, 1.165) is 22.5 Å². The van der Waals surface area contributed by atoms with Gasteiger partial charge in [0.25, 0.3) is 11.8 Å². The van der Waals surface area contributed by atoms with Gasteiger partial charge < -0.3 is 4.57 Å². The van der Waals surface area contributed by atoms with Crippen LogP contribution in [-0.2, 0) is 9.59 Å². The van der Waals surface area contributed by atoms with Gasteiger partial charge in [0.15, 0.2) is 5.11 Å². The number of nitrogens with one attached hydrogen (secondary N) is 1. The van der Waals surface area contributed by atoms with Crippen molar-refractivity contribution in [1.82, 2.24) is 9.88 Å². The fourth-order valence-corrected chi connectivity index (χ4v) is 3.61. The Morgan fingerprint density at radius 2 is 1.69 bits per heavy atom. The van der Waals surface area contributed by atoms with Gasteiger partial charge in [-0.15, -0.1) is 0 Å². The van der Waals surface area contributed by atoms with Crippen molar-refractivity contribution in [2.24, 2.45) is 0 Å². The highest BCUT2D eigenvalue weighted by atomic mass is 32.1. The number of hydrogen-bond donors (Lipinski definition) is 1. The van der Waals surface area contributed by atoms with Crippen molar-refractivity contribution in [3.05, 3.63) is 89.3 Å². The van der Waals surface area contributed by atoms with Gasteiger partial charge in [0.05, 0.1) is 5.69 Å². The number of rotatable bonds is 3. The molecule has 1 aromatic heterocycles. The van der Waals surface area contributed by atoms with Crippen molar-refractivity contribution in [1.29, 1.82) is 0 Å². The summed E-state index contributed by atoms with van der Waals surface area (Å²) in [6.45, 7) is 3.90. The Morgan fingerprint density at radius 3 is 2.45 bits per heavy atom. The minimum Gasteiger partial charge on any atom is -0.317 e. The van der Waals surface area contributed by atoms with Crippen LogP contribution in [0.2, 0.25) is 0 Å². The monoisotopic (exact) mass is 401 g/mol. The third-order valence-corrected chi connectivity index (χ3v) is 5.31. The number of hydrogen-bond acceptors (Lipinski definition) is 3. The lowest BCUT2D eigenvalue weighted by molar-refractivity contribution is -0.122. The Bertz CT molecular complexity index is 1160. The van der Waals surface area contributed by atoms with Gasteiger partial charge in [-0.1, -0.05) is 30.3 Å². The molecule has 0 spiro atoms. The number of nitrogens with zero attached hydrogens (tertiary/aromatic N) is 2. The van der Waals surface area contributed by atoms with Gasteiger partial charge in [-0.05, 0) is 73.6 Å². The maximum absolute atomic E-state index is 13.3. The number of carbonyl (C=O) groups is 2. The zero-order chi connectivity index (χ0) is 20.5. The van der Waals surface area contributed by atoms with Crippen molar-refractivity contribution in [2.75, 3.05) is 4.90 Å². The van der Waals surface area contributed by atoms with Crippen LogP contribution in [0.3, 0.4) is 0 Å². The van der Waals surface area contributed by atoms with Crippen molar-refractivity contribution < 1.29 is 9.59 Å². The number of aryl methyl sites for hydroxylation is 1. The second-order valence-electron chi connectivity index (χ2n) is 6.82. The Kier molecular flexibility index (Phi) is 4.86. The standard InChI is InChI=1S/C23H19N3O2S/c1-15-8-6-12-20(16(15)2)26-22(28)19(21(27)24-23(26)29)14-18-11-7-13-25(18)17-9-4-3-5-10-17/h3-14H,1-2H3,(H,24,27,29)/b19-14-. The summed E-state index contributed by atoms with van der Waals surface area (Å²) < 4.78 is 1.92. The van der Waals surface area contributed by atoms with Gasteiger partial charge in [-0.3, -0.25) is 19.8 Å². The number of benzene rings is 2. The van der Waals surface area contributed by atoms with Crippen LogP contribution in [0.1, 0.15) is 16.8 Å². The molecule has 5 nitrogen and oxygen atoms in total. The van der Waals surface area contributed by atoms with Gasteiger partial charge in [-0.25, -0.2) is 0 Å². The minimum absolute atomic E-state index is 0.0374. The van der Waals surface area contributed by atoms with Crippen LogP contribution in [0.25, 0.3) is 11.8 Å². The zero-order valence-electron chi connectivity index (χ0n) is 16.0. The molecule has 0 aliphatic carbocycles. The molecule has 1 N–H and O–H groups in total. The van der Waals surface area contributed by atoms with Crippen molar-refractivity contribution >= 4 is 40.9 Å². The maximum atomic E-state index is 13.3. The number of thiocarbonyl (C=S) groups is 1. The molecule has 2 aromatic carbocycles. The van der Waals surface area contributed by atoms with Crippen LogP contribution in [0.15, 0.2) is 72.4 Å². The predicted octanol–water partition coefficient (Wildman–Crippen LogP) is 3.93. The zero-order valence-corrected chi connectivity index (χ0v) is 16.9. The smallest absolute Gasteiger partial charge is 0.270 e. The largest absolute Gasteiger partial charge is 0.317 e. The summed E-state index contributed by atoms with van der Waals surface area (Å²) in [7, 11) is 0. The summed E-state index contributed by atoms with van der Waals surface area (Å²) in [6.07, 6.45) is 3.49. The van der Waals surface area contributed by atoms with E-state index in [1.54, 1.807) is 6.08 Å². The maximum Gasteiger partial charge on any atom is 0.270 e. The first kappa shape index (κ1) is 18.8. The summed E-state index contributed by atoms with van der Waals surface area (Å²) in [5, 5.41) is 2.73. The first-order valence-corrected chi connectivity index (χ1v) is 9.58. The Hall–Kier alpha value is -3.51. The average molecular weight is 401 g/mol. The highest BCUT2D eigenvalue weighted by Crippen LogP contribution is 2.27. The summed E-state index contributed by atoms with van der Waals surface area (Å²) in [6, 6.07) is 19.1. The summed E-state index contributed by atoms with van der Waals surface area (Å²) in [4.78, 5) is 27.3. The van der Waals surface area contributed by atoms with E-state index in [9.17, 15) is 9.59 Å². The highest BCUT2D eigenvalue weighted by molar-refractivity contribution is 7.80. The van der Waals surface area contributed by atoms with Crippen LogP contribution < -0.4 is 10.2 Å². The predicted molar refractivity (Wildman–Crippen MR) is 118 cm³/mol. The van der Waals surface area contributed by atoms with Gasteiger partial charge in [0.1, 0.15) is 5.57 Å². The Morgan fingerprint density at radius 1 is 0.931 bits per heavy atom. The number of anilines is 1. The van der Waals surface area contributed by atoms with E-state index >= 15 is 0 Å². The van der Waals surface area contributed by atoms with E-state index < -0.39 is 11.8 Å². The van der Waals surface area contributed by atoms with Crippen molar-refractivity contribution in [3.63, 3.8) is 0 Å². The summed E-state index contributed by atoms with van der Waals surface area (Å²) >= 11 is 5.31. The molecule has 0 unspecified atom stereocenters. The van der Waals surface area contributed by atoms with E-state index in [1.807, 2.05) is 85.3 Å². The Labute approximate surface area is 174 Å². The molecule has 4 rings (SSSR count). The minimum atomic E-state index is -0.498. The lowest BCUT2D eigenvalue weighted by Crippen LogP contribution is -2.54. The molecular formula is C23H19N3O2S. The average Bonchev–Trinajstić information content (AvgIpc) is 3.17. The first-order chi connectivity index (χ1) is 14.0. The van der Waals surface area contributed by atoms with Crippen molar-refractivity contribution in [3.8, 4) is 5.69 Å². The molecule has 0 saturated carbocycles.